The molecule has 0 aromatic carbocycles. The third-order valence-electron chi connectivity index (χ3n) is 5.92. The van der Waals surface area contributed by atoms with Gasteiger partial charge in [-0.2, -0.15) is 0 Å². The minimum absolute atomic E-state index is 0.533. The Morgan fingerprint density at radius 2 is 1.16 bits per heavy atom. The second-order valence-corrected chi connectivity index (χ2v) is 7.34. The van der Waals surface area contributed by atoms with E-state index >= 15 is 0 Å². The van der Waals surface area contributed by atoms with Gasteiger partial charge >= 0.3 is 0 Å². The molecule has 0 radical (unpaired) electrons. The Hall–Kier alpha value is 0. The van der Waals surface area contributed by atoms with Gasteiger partial charge in [0.25, 0.3) is 0 Å². The molecule has 2 unspecified atom stereocenters. The molecule has 0 saturated carbocycles. The average molecular weight is 269 g/mol. The molecule has 0 heteroatoms. The molecule has 0 spiro atoms. The Morgan fingerprint density at radius 3 is 1.47 bits per heavy atom. The summed E-state index contributed by atoms with van der Waals surface area (Å²) in [6, 6.07) is 0. The van der Waals surface area contributed by atoms with E-state index in [2.05, 4.69) is 48.5 Å². The van der Waals surface area contributed by atoms with Crippen LogP contribution in [-0.4, -0.2) is 0 Å². The highest BCUT2D eigenvalue weighted by Gasteiger charge is 2.40. The Labute approximate surface area is 123 Å². The van der Waals surface area contributed by atoms with Crippen LogP contribution in [0.4, 0.5) is 0 Å². The average Bonchev–Trinajstić information content (AvgIpc) is 2.42. The molecule has 0 amide bonds. The first-order valence-electron chi connectivity index (χ1n) is 8.90. The summed E-state index contributed by atoms with van der Waals surface area (Å²) in [6.45, 7) is 17.1. The molecule has 116 valence electrons. The van der Waals surface area contributed by atoms with Gasteiger partial charge in [0.2, 0.25) is 0 Å². The van der Waals surface area contributed by atoms with Crippen LogP contribution in [0.5, 0.6) is 0 Å². The first kappa shape index (κ1) is 19.0. The molecule has 0 saturated heterocycles. The fraction of sp³-hybridized carbons (Fsp3) is 1.00. The molecule has 0 aliphatic heterocycles. The van der Waals surface area contributed by atoms with Crippen molar-refractivity contribution in [2.75, 3.05) is 0 Å². The monoisotopic (exact) mass is 268 g/mol. The standard InChI is InChI=1S/C19H40/c1-8-12-15-19(7,16-13-9-2)17(5)18(6,11-4)14-10-3/h17H,8-16H2,1-7H3. The molecule has 2 atom stereocenters. The van der Waals surface area contributed by atoms with Crippen LogP contribution < -0.4 is 0 Å². The fourth-order valence-electron chi connectivity index (χ4n) is 3.83. The highest BCUT2D eigenvalue weighted by atomic mass is 14.5. The van der Waals surface area contributed by atoms with E-state index < -0.39 is 0 Å². The summed E-state index contributed by atoms with van der Waals surface area (Å²) in [5.74, 6) is 0.836. The first-order valence-corrected chi connectivity index (χ1v) is 8.90. The highest BCUT2D eigenvalue weighted by molar-refractivity contribution is 4.90. The molecule has 0 aromatic heterocycles. The van der Waals surface area contributed by atoms with Crippen LogP contribution in [0, 0.1) is 16.7 Å². The number of hydrogen-bond donors (Lipinski definition) is 0. The van der Waals surface area contributed by atoms with Crippen molar-refractivity contribution >= 4 is 0 Å². The van der Waals surface area contributed by atoms with Crippen molar-refractivity contribution in [3.63, 3.8) is 0 Å². The molecular formula is C19H40. The van der Waals surface area contributed by atoms with Crippen LogP contribution in [0.15, 0.2) is 0 Å². The van der Waals surface area contributed by atoms with Crippen LogP contribution in [0.1, 0.15) is 106 Å². The van der Waals surface area contributed by atoms with Crippen LogP contribution in [0.3, 0.4) is 0 Å². The molecule has 19 heavy (non-hydrogen) atoms. The van der Waals surface area contributed by atoms with Crippen molar-refractivity contribution in [2.45, 2.75) is 106 Å². The predicted molar refractivity (Wildman–Crippen MR) is 89.6 cm³/mol. The Bertz CT molecular complexity index is 210. The molecule has 0 heterocycles. The summed E-state index contributed by atoms with van der Waals surface area (Å²) in [4.78, 5) is 0. The fourth-order valence-corrected chi connectivity index (χ4v) is 3.83. The zero-order chi connectivity index (χ0) is 14.9. The third kappa shape index (κ3) is 5.48. The van der Waals surface area contributed by atoms with E-state index in [9.17, 15) is 0 Å². The zero-order valence-electron chi connectivity index (χ0n) is 14.9. The van der Waals surface area contributed by atoms with Gasteiger partial charge < -0.3 is 0 Å². The highest BCUT2D eigenvalue weighted by Crippen LogP contribution is 2.50. The minimum Gasteiger partial charge on any atom is -0.0654 e. The largest absolute Gasteiger partial charge is 0.0654 e. The molecule has 0 rings (SSSR count). The number of rotatable bonds is 11. The maximum absolute atomic E-state index is 2.58. The lowest BCUT2D eigenvalue weighted by Gasteiger charge is -2.47. The lowest BCUT2D eigenvalue weighted by Crippen LogP contribution is -2.38. The molecule has 0 bridgehead atoms. The summed E-state index contributed by atoms with van der Waals surface area (Å²) >= 11 is 0. The van der Waals surface area contributed by atoms with Crippen molar-refractivity contribution in [3.05, 3.63) is 0 Å². The smallest absolute Gasteiger partial charge is 0.0295 e. The van der Waals surface area contributed by atoms with Gasteiger partial charge in [0.05, 0.1) is 0 Å². The van der Waals surface area contributed by atoms with Gasteiger partial charge in [-0.15, -0.1) is 0 Å². The quantitative estimate of drug-likeness (QED) is 0.371. The third-order valence-corrected chi connectivity index (χ3v) is 5.92. The van der Waals surface area contributed by atoms with Crippen molar-refractivity contribution < 1.29 is 0 Å². The second-order valence-electron chi connectivity index (χ2n) is 7.34. The Kier molecular flexibility index (Phi) is 9.03. The van der Waals surface area contributed by atoms with E-state index in [0.717, 1.165) is 5.92 Å². The lowest BCUT2D eigenvalue weighted by molar-refractivity contribution is 0.0304. The molecule has 0 fully saturated rings. The van der Waals surface area contributed by atoms with Gasteiger partial charge in [-0.25, -0.2) is 0 Å². The van der Waals surface area contributed by atoms with Gasteiger partial charge in [-0.1, -0.05) is 87.0 Å². The zero-order valence-corrected chi connectivity index (χ0v) is 14.9. The summed E-state index contributed by atoms with van der Waals surface area (Å²) in [6.07, 6.45) is 12.4. The molecule has 0 aliphatic carbocycles. The summed E-state index contributed by atoms with van der Waals surface area (Å²) in [7, 11) is 0. The van der Waals surface area contributed by atoms with Gasteiger partial charge in [0.15, 0.2) is 0 Å². The number of unbranched alkanes of at least 4 members (excludes halogenated alkanes) is 2. The summed E-state index contributed by atoms with van der Waals surface area (Å²) < 4.78 is 0. The van der Waals surface area contributed by atoms with E-state index in [-0.39, 0.29) is 0 Å². The SMILES string of the molecule is CCCCC(C)(CCCC)C(C)C(C)(CC)CCC. The maximum Gasteiger partial charge on any atom is -0.0295 e. The van der Waals surface area contributed by atoms with E-state index in [1.807, 2.05) is 0 Å². The number of hydrogen-bond acceptors (Lipinski definition) is 0. The molecule has 0 N–H and O–H groups in total. The summed E-state index contributed by atoms with van der Waals surface area (Å²) in [5, 5.41) is 0. The van der Waals surface area contributed by atoms with E-state index in [0.29, 0.717) is 10.8 Å². The van der Waals surface area contributed by atoms with Crippen LogP contribution in [0.25, 0.3) is 0 Å². The molecular weight excluding hydrogens is 228 g/mol. The Balaban J connectivity index is 4.98. The lowest BCUT2D eigenvalue weighted by atomic mass is 9.58. The van der Waals surface area contributed by atoms with Gasteiger partial charge in [-0.3, -0.25) is 0 Å². The van der Waals surface area contributed by atoms with E-state index in [4.69, 9.17) is 0 Å². The van der Waals surface area contributed by atoms with E-state index in [1.165, 1.54) is 57.8 Å². The van der Waals surface area contributed by atoms with Crippen molar-refractivity contribution in [1.82, 2.24) is 0 Å². The van der Waals surface area contributed by atoms with Crippen molar-refractivity contribution in [3.8, 4) is 0 Å². The molecule has 0 nitrogen and oxygen atoms in total. The second kappa shape index (κ2) is 9.03. The van der Waals surface area contributed by atoms with Gasteiger partial charge in [0.1, 0.15) is 0 Å². The van der Waals surface area contributed by atoms with Gasteiger partial charge in [-0.05, 0) is 36.0 Å². The molecule has 0 aromatic rings. The minimum atomic E-state index is 0.533. The van der Waals surface area contributed by atoms with E-state index in [1.54, 1.807) is 0 Å². The van der Waals surface area contributed by atoms with Crippen LogP contribution >= 0.6 is 0 Å². The van der Waals surface area contributed by atoms with Crippen molar-refractivity contribution in [2.24, 2.45) is 16.7 Å². The predicted octanol–water partition coefficient (Wildman–Crippen LogP) is 7.23. The topological polar surface area (TPSA) is 0 Å². The van der Waals surface area contributed by atoms with Crippen molar-refractivity contribution in [1.29, 1.82) is 0 Å². The maximum atomic E-state index is 2.58. The Morgan fingerprint density at radius 1 is 0.684 bits per heavy atom. The van der Waals surface area contributed by atoms with Crippen LogP contribution in [0.2, 0.25) is 0 Å². The van der Waals surface area contributed by atoms with Crippen LogP contribution in [-0.2, 0) is 0 Å². The normalized spacial score (nSPS) is 17.2. The van der Waals surface area contributed by atoms with Gasteiger partial charge in [0, 0.05) is 0 Å². The first-order chi connectivity index (χ1) is 8.90. The summed E-state index contributed by atoms with van der Waals surface area (Å²) in [5.41, 5.74) is 1.08. The molecule has 0 aliphatic rings.